The van der Waals surface area contributed by atoms with Crippen molar-refractivity contribution in [3.05, 3.63) is 32.7 Å². The molecule has 0 atom stereocenters. The molecular formula is C16H20N4O4S2. The van der Waals surface area contributed by atoms with Crippen LogP contribution in [0.4, 0.5) is 5.13 Å². The largest absolute Gasteiger partial charge is 0.462 e. The van der Waals surface area contributed by atoms with Crippen LogP contribution in [0.2, 0.25) is 0 Å². The quantitative estimate of drug-likeness (QED) is 0.400. The number of hydrogen-bond donors (Lipinski definition) is 2. The maximum absolute atomic E-state index is 12.1. The van der Waals surface area contributed by atoms with Gasteiger partial charge in [-0.15, -0.1) is 0 Å². The maximum atomic E-state index is 12.1. The lowest BCUT2D eigenvalue weighted by Gasteiger charge is -2.03. The van der Waals surface area contributed by atoms with E-state index in [2.05, 4.69) is 20.3 Å². The highest BCUT2D eigenvalue weighted by molar-refractivity contribution is 7.99. The molecule has 140 valence electrons. The topological polar surface area (TPSA) is 114 Å². The molecule has 0 bridgehead atoms. The van der Waals surface area contributed by atoms with Crippen LogP contribution in [0.25, 0.3) is 0 Å². The molecule has 0 saturated heterocycles. The van der Waals surface area contributed by atoms with Crippen LogP contribution in [-0.4, -0.2) is 39.2 Å². The van der Waals surface area contributed by atoms with E-state index in [0.717, 1.165) is 29.5 Å². The van der Waals surface area contributed by atoms with Gasteiger partial charge in [-0.25, -0.2) is 14.8 Å². The third kappa shape index (κ3) is 5.67. The first-order valence-corrected chi connectivity index (χ1v) is 9.90. The zero-order valence-corrected chi connectivity index (χ0v) is 16.4. The Morgan fingerprint density at radius 1 is 1.35 bits per heavy atom. The Morgan fingerprint density at radius 2 is 2.12 bits per heavy atom. The zero-order valence-electron chi connectivity index (χ0n) is 14.7. The molecule has 26 heavy (non-hydrogen) atoms. The lowest BCUT2D eigenvalue weighted by Crippen LogP contribution is -2.15. The van der Waals surface area contributed by atoms with E-state index in [-0.39, 0.29) is 23.8 Å². The number of aromatic amines is 1. The molecule has 0 fully saturated rings. The molecule has 0 aliphatic carbocycles. The van der Waals surface area contributed by atoms with Crippen molar-refractivity contribution >= 4 is 40.1 Å². The van der Waals surface area contributed by atoms with E-state index in [1.54, 1.807) is 13.8 Å². The second-order valence-electron chi connectivity index (χ2n) is 5.28. The molecule has 10 heteroatoms. The van der Waals surface area contributed by atoms with Gasteiger partial charge in [0.25, 0.3) is 5.56 Å². The maximum Gasteiger partial charge on any atom is 0.350 e. The number of rotatable bonds is 8. The van der Waals surface area contributed by atoms with Crippen molar-refractivity contribution in [1.29, 1.82) is 0 Å². The smallest absolute Gasteiger partial charge is 0.350 e. The Hall–Kier alpha value is -2.20. The lowest BCUT2D eigenvalue weighted by molar-refractivity contribution is -0.113. The third-order valence-electron chi connectivity index (χ3n) is 3.12. The Labute approximate surface area is 158 Å². The number of thiazole rings is 1. The molecule has 0 aromatic carbocycles. The normalized spacial score (nSPS) is 10.6. The zero-order chi connectivity index (χ0) is 19.1. The van der Waals surface area contributed by atoms with E-state index < -0.39 is 5.97 Å². The minimum Gasteiger partial charge on any atom is -0.462 e. The molecule has 8 nitrogen and oxygen atoms in total. The number of anilines is 1. The molecule has 0 aliphatic heterocycles. The van der Waals surface area contributed by atoms with Crippen LogP contribution in [0.15, 0.2) is 16.0 Å². The van der Waals surface area contributed by atoms with Crippen LogP contribution >= 0.6 is 23.1 Å². The molecule has 1 amide bonds. The standard InChI is InChI=1S/C16H20N4O4S2/c1-4-6-10-7-11(21)19-15(18-10)25-8-12(22)20-16-17-9(3)13(26-16)14(23)24-5-2/h7H,4-6,8H2,1-3H3,(H,17,20,22)(H,18,19,21). The lowest BCUT2D eigenvalue weighted by atomic mass is 10.2. The number of carbonyl (C=O) groups excluding carboxylic acids is 2. The molecule has 0 unspecified atom stereocenters. The summed E-state index contributed by atoms with van der Waals surface area (Å²) in [4.78, 5) is 47.0. The second kappa shape index (κ2) is 9.48. The van der Waals surface area contributed by atoms with Crippen LogP contribution < -0.4 is 10.9 Å². The van der Waals surface area contributed by atoms with Crippen molar-refractivity contribution in [2.75, 3.05) is 17.7 Å². The summed E-state index contributed by atoms with van der Waals surface area (Å²) >= 11 is 2.20. The fraction of sp³-hybridized carbons (Fsp3) is 0.438. The average molecular weight is 396 g/mol. The Morgan fingerprint density at radius 3 is 2.81 bits per heavy atom. The van der Waals surface area contributed by atoms with Gasteiger partial charge in [0.2, 0.25) is 5.91 Å². The molecule has 2 heterocycles. The van der Waals surface area contributed by atoms with Crippen molar-refractivity contribution < 1.29 is 14.3 Å². The summed E-state index contributed by atoms with van der Waals surface area (Å²) in [6.07, 6.45) is 1.59. The number of nitrogens with one attached hydrogen (secondary N) is 2. The van der Waals surface area contributed by atoms with Gasteiger partial charge in [0, 0.05) is 11.8 Å². The van der Waals surface area contributed by atoms with Crippen molar-refractivity contribution in [2.45, 2.75) is 38.8 Å². The van der Waals surface area contributed by atoms with E-state index in [9.17, 15) is 14.4 Å². The fourth-order valence-electron chi connectivity index (χ4n) is 2.06. The number of aromatic nitrogens is 3. The van der Waals surface area contributed by atoms with Gasteiger partial charge in [0.05, 0.1) is 18.1 Å². The first kappa shape index (κ1) is 20.1. The number of aryl methyl sites for hydroxylation is 2. The Kier molecular flexibility index (Phi) is 7.34. The number of esters is 1. The number of ether oxygens (including phenoxy) is 1. The minimum atomic E-state index is -0.452. The van der Waals surface area contributed by atoms with Crippen molar-refractivity contribution in [3.63, 3.8) is 0 Å². The van der Waals surface area contributed by atoms with Gasteiger partial charge in [-0.3, -0.25) is 9.59 Å². The van der Waals surface area contributed by atoms with E-state index >= 15 is 0 Å². The van der Waals surface area contributed by atoms with Gasteiger partial charge < -0.3 is 15.0 Å². The molecule has 2 aromatic rings. The predicted molar refractivity (Wildman–Crippen MR) is 101 cm³/mol. The van der Waals surface area contributed by atoms with E-state index in [0.29, 0.717) is 33.0 Å². The highest BCUT2D eigenvalue weighted by Crippen LogP contribution is 2.24. The molecule has 0 saturated carbocycles. The van der Waals surface area contributed by atoms with Crippen LogP contribution in [0.5, 0.6) is 0 Å². The van der Waals surface area contributed by atoms with Crippen LogP contribution in [0, 0.1) is 6.92 Å². The summed E-state index contributed by atoms with van der Waals surface area (Å²) in [7, 11) is 0. The number of amides is 1. The van der Waals surface area contributed by atoms with Gasteiger partial charge in [0.1, 0.15) is 4.88 Å². The van der Waals surface area contributed by atoms with Gasteiger partial charge in [-0.1, -0.05) is 36.4 Å². The van der Waals surface area contributed by atoms with Crippen molar-refractivity contribution in [2.24, 2.45) is 0 Å². The number of H-pyrrole nitrogens is 1. The van der Waals surface area contributed by atoms with Crippen LogP contribution in [0.1, 0.15) is 41.3 Å². The summed E-state index contributed by atoms with van der Waals surface area (Å²) in [6, 6.07) is 1.46. The molecule has 2 aromatic heterocycles. The van der Waals surface area contributed by atoms with Gasteiger partial charge in [0.15, 0.2) is 10.3 Å². The summed E-state index contributed by atoms with van der Waals surface area (Å²) < 4.78 is 4.95. The Balaban J connectivity index is 1.96. The van der Waals surface area contributed by atoms with E-state index in [4.69, 9.17) is 4.74 Å². The Bertz CT molecular complexity index is 847. The molecule has 2 rings (SSSR count). The third-order valence-corrected chi connectivity index (χ3v) is 5.05. The predicted octanol–water partition coefficient (Wildman–Crippen LogP) is 2.39. The number of nitrogens with zero attached hydrogens (tertiary/aromatic N) is 2. The first-order valence-electron chi connectivity index (χ1n) is 8.10. The van der Waals surface area contributed by atoms with Crippen LogP contribution in [-0.2, 0) is 16.0 Å². The second-order valence-corrected chi connectivity index (χ2v) is 7.25. The monoisotopic (exact) mass is 396 g/mol. The molecule has 0 spiro atoms. The summed E-state index contributed by atoms with van der Waals surface area (Å²) in [6.45, 7) is 5.68. The average Bonchev–Trinajstić information content (AvgIpc) is 2.93. The van der Waals surface area contributed by atoms with E-state index in [1.165, 1.54) is 6.07 Å². The molecule has 2 N–H and O–H groups in total. The summed E-state index contributed by atoms with van der Waals surface area (Å²) in [5, 5.41) is 3.38. The first-order chi connectivity index (χ1) is 12.4. The number of carbonyl (C=O) groups is 2. The summed E-state index contributed by atoms with van der Waals surface area (Å²) in [5.41, 5.74) is 0.976. The number of thioether (sulfide) groups is 1. The van der Waals surface area contributed by atoms with Crippen LogP contribution in [0.3, 0.4) is 0 Å². The van der Waals surface area contributed by atoms with E-state index in [1.807, 2.05) is 6.92 Å². The molecular weight excluding hydrogens is 376 g/mol. The summed E-state index contributed by atoms with van der Waals surface area (Å²) in [5.74, 6) is -0.694. The highest BCUT2D eigenvalue weighted by Gasteiger charge is 2.17. The number of hydrogen-bond acceptors (Lipinski definition) is 8. The molecule has 0 radical (unpaired) electrons. The minimum absolute atomic E-state index is 0.0614. The highest BCUT2D eigenvalue weighted by atomic mass is 32.2. The fourth-order valence-corrected chi connectivity index (χ4v) is 3.63. The van der Waals surface area contributed by atoms with Gasteiger partial charge in [-0.2, -0.15) is 0 Å². The molecule has 0 aliphatic rings. The van der Waals surface area contributed by atoms with Gasteiger partial charge in [-0.05, 0) is 20.3 Å². The van der Waals surface area contributed by atoms with Gasteiger partial charge >= 0.3 is 5.97 Å². The SMILES string of the molecule is CCCc1cc(=O)[nH]c(SCC(=O)Nc2nc(C)c(C(=O)OCC)s2)n1. The van der Waals surface area contributed by atoms with Crippen molar-refractivity contribution in [1.82, 2.24) is 15.0 Å². The van der Waals surface area contributed by atoms with Crippen molar-refractivity contribution in [3.8, 4) is 0 Å².